The standard InChI is InChI=1S/C27H34Cl2F3NO6/c1-4-5-6-7-8-9-10-11-15-36-25(34)38-23-17(2)33-18(3)24(39-26(35)37-16-27(30,31)32)21(23)19-13-12-14-20(28)22(19)29/h12-14,21,33H,4-11,15-16H2,1-3H3. The number of ether oxygens (including phenoxy) is 4. The molecule has 0 radical (unpaired) electrons. The maximum atomic E-state index is 12.6. The van der Waals surface area contributed by atoms with Crippen LogP contribution in [0.15, 0.2) is 41.1 Å². The largest absolute Gasteiger partial charge is 0.513 e. The molecule has 1 aliphatic heterocycles. The third-order valence-electron chi connectivity index (χ3n) is 5.89. The normalized spacial score (nSPS) is 15.6. The predicted molar refractivity (Wildman–Crippen MR) is 141 cm³/mol. The van der Waals surface area contributed by atoms with Gasteiger partial charge >= 0.3 is 18.5 Å². The number of rotatable bonds is 13. The van der Waals surface area contributed by atoms with Crippen LogP contribution in [0.4, 0.5) is 22.8 Å². The number of halogens is 5. The van der Waals surface area contributed by atoms with Crippen LogP contribution in [0, 0.1) is 0 Å². The number of hydrogen-bond donors (Lipinski definition) is 1. The summed E-state index contributed by atoms with van der Waals surface area (Å²) in [5, 5.41) is 3.14. The Morgan fingerprint density at radius 3 is 1.97 bits per heavy atom. The molecule has 0 aromatic heterocycles. The zero-order valence-corrected chi connectivity index (χ0v) is 23.7. The van der Waals surface area contributed by atoms with Crippen molar-refractivity contribution in [1.29, 1.82) is 0 Å². The first-order valence-corrected chi connectivity index (χ1v) is 13.6. The lowest BCUT2D eigenvalue weighted by molar-refractivity contribution is -0.164. The van der Waals surface area contributed by atoms with E-state index in [0.717, 1.165) is 19.3 Å². The minimum absolute atomic E-state index is 0.0238. The number of unbranched alkanes of at least 4 members (excludes halogenated alkanes) is 7. The van der Waals surface area contributed by atoms with Gasteiger partial charge in [0, 0.05) is 0 Å². The van der Waals surface area contributed by atoms with Crippen LogP contribution in [0.5, 0.6) is 0 Å². The molecule has 218 valence electrons. The Kier molecular flexibility index (Phi) is 13.3. The summed E-state index contributed by atoms with van der Waals surface area (Å²) in [6, 6.07) is 4.66. The average molecular weight is 596 g/mol. The van der Waals surface area contributed by atoms with Crippen molar-refractivity contribution in [2.24, 2.45) is 0 Å². The summed E-state index contributed by atoms with van der Waals surface area (Å²) in [6.07, 6.45) is 1.25. The molecule has 0 saturated heterocycles. The van der Waals surface area contributed by atoms with Gasteiger partial charge in [-0.3, -0.25) is 0 Å². The molecule has 1 aromatic carbocycles. The summed E-state index contributed by atoms with van der Waals surface area (Å²) in [6.45, 7) is 3.62. The highest BCUT2D eigenvalue weighted by molar-refractivity contribution is 6.42. The average Bonchev–Trinajstić information content (AvgIpc) is 2.86. The van der Waals surface area contributed by atoms with E-state index in [1.54, 1.807) is 19.1 Å². The molecule has 1 atom stereocenters. The molecule has 0 spiro atoms. The maximum absolute atomic E-state index is 12.6. The summed E-state index contributed by atoms with van der Waals surface area (Å²) in [4.78, 5) is 24.7. The van der Waals surface area contributed by atoms with Gasteiger partial charge < -0.3 is 24.3 Å². The fourth-order valence-corrected chi connectivity index (χ4v) is 4.44. The van der Waals surface area contributed by atoms with E-state index in [0.29, 0.717) is 12.1 Å². The molecule has 0 aliphatic carbocycles. The van der Waals surface area contributed by atoms with Crippen LogP contribution in [-0.2, 0) is 18.9 Å². The first-order valence-electron chi connectivity index (χ1n) is 12.8. The highest BCUT2D eigenvalue weighted by atomic mass is 35.5. The SMILES string of the molecule is CCCCCCCCCCOC(=O)OC1=C(C)NC(C)=C(OC(=O)OCC(F)(F)F)C1c1cccc(Cl)c1Cl. The van der Waals surface area contributed by atoms with Crippen LogP contribution in [0.3, 0.4) is 0 Å². The Bertz CT molecular complexity index is 1060. The van der Waals surface area contributed by atoms with E-state index < -0.39 is 31.0 Å². The Labute approximate surface area is 236 Å². The number of allylic oxidation sites excluding steroid dienone is 2. The van der Waals surface area contributed by atoms with E-state index in [4.69, 9.17) is 37.4 Å². The lowest BCUT2D eigenvalue weighted by Crippen LogP contribution is -2.30. The van der Waals surface area contributed by atoms with Crippen molar-refractivity contribution in [2.75, 3.05) is 13.2 Å². The second kappa shape index (κ2) is 15.9. The number of alkyl halides is 3. The van der Waals surface area contributed by atoms with Gasteiger partial charge in [-0.05, 0) is 31.9 Å². The Morgan fingerprint density at radius 1 is 0.872 bits per heavy atom. The smallest absolute Gasteiger partial charge is 0.434 e. The van der Waals surface area contributed by atoms with Crippen LogP contribution in [-0.4, -0.2) is 31.7 Å². The van der Waals surface area contributed by atoms with Gasteiger partial charge in [0.2, 0.25) is 0 Å². The van der Waals surface area contributed by atoms with E-state index in [2.05, 4.69) is 17.0 Å². The zero-order valence-electron chi connectivity index (χ0n) is 22.2. The van der Waals surface area contributed by atoms with E-state index in [-0.39, 0.29) is 39.4 Å². The summed E-state index contributed by atoms with van der Waals surface area (Å²) in [5.74, 6) is -1.32. The molecule has 1 aliphatic rings. The number of nitrogens with one attached hydrogen (secondary N) is 1. The number of dihydropyridines is 1. The summed E-state index contributed by atoms with van der Waals surface area (Å²) in [5.41, 5.74) is 0.916. The molecule has 39 heavy (non-hydrogen) atoms. The molecular weight excluding hydrogens is 562 g/mol. The van der Waals surface area contributed by atoms with Crippen molar-refractivity contribution < 1.29 is 41.7 Å². The highest BCUT2D eigenvalue weighted by Gasteiger charge is 2.38. The number of benzene rings is 1. The van der Waals surface area contributed by atoms with E-state index in [9.17, 15) is 22.8 Å². The second-order valence-corrected chi connectivity index (χ2v) is 9.90. The molecule has 2 rings (SSSR count). The molecule has 0 amide bonds. The first-order chi connectivity index (χ1) is 18.4. The lowest BCUT2D eigenvalue weighted by Gasteiger charge is -2.30. The van der Waals surface area contributed by atoms with Crippen LogP contribution in [0.25, 0.3) is 0 Å². The summed E-state index contributed by atoms with van der Waals surface area (Å²) >= 11 is 12.6. The quantitative estimate of drug-likeness (QED) is 0.180. The van der Waals surface area contributed by atoms with E-state index >= 15 is 0 Å². The van der Waals surface area contributed by atoms with Gasteiger partial charge in [0.25, 0.3) is 0 Å². The fraction of sp³-hybridized carbons (Fsp3) is 0.556. The van der Waals surface area contributed by atoms with Gasteiger partial charge in [-0.2, -0.15) is 13.2 Å². The first kappa shape index (κ1) is 32.6. The topological polar surface area (TPSA) is 83.1 Å². The molecule has 0 saturated carbocycles. The van der Waals surface area contributed by atoms with Gasteiger partial charge in [-0.1, -0.05) is 87.2 Å². The summed E-state index contributed by atoms with van der Waals surface area (Å²) < 4.78 is 57.7. The van der Waals surface area contributed by atoms with Crippen molar-refractivity contribution in [3.63, 3.8) is 0 Å². The lowest BCUT2D eigenvalue weighted by atomic mass is 9.90. The third kappa shape index (κ3) is 10.8. The van der Waals surface area contributed by atoms with Crippen molar-refractivity contribution in [3.05, 3.63) is 56.7 Å². The van der Waals surface area contributed by atoms with Crippen LogP contribution in [0.2, 0.25) is 10.0 Å². The van der Waals surface area contributed by atoms with Crippen molar-refractivity contribution in [1.82, 2.24) is 5.32 Å². The molecule has 1 heterocycles. The second-order valence-electron chi connectivity index (χ2n) is 9.11. The minimum atomic E-state index is -4.74. The minimum Gasteiger partial charge on any atom is -0.434 e. The van der Waals surface area contributed by atoms with Crippen LogP contribution >= 0.6 is 23.2 Å². The fourth-order valence-electron chi connectivity index (χ4n) is 4.02. The molecule has 0 fully saturated rings. The van der Waals surface area contributed by atoms with Crippen molar-refractivity contribution >= 4 is 35.5 Å². The van der Waals surface area contributed by atoms with E-state index in [1.165, 1.54) is 38.7 Å². The van der Waals surface area contributed by atoms with Crippen molar-refractivity contribution in [3.8, 4) is 0 Å². The Morgan fingerprint density at radius 2 is 1.41 bits per heavy atom. The third-order valence-corrected chi connectivity index (χ3v) is 6.72. The molecule has 1 N–H and O–H groups in total. The zero-order chi connectivity index (χ0) is 29.0. The summed E-state index contributed by atoms with van der Waals surface area (Å²) in [7, 11) is 0. The number of carbonyl (C=O) groups is 2. The maximum Gasteiger partial charge on any atom is 0.513 e. The molecular formula is C27H34Cl2F3NO6. The predicted octanol–water partition coefficient (Wildman–Crippen LogP) is 9.15. The Balaban J connectivity index is 2.14. The molecule has 1 aromatic rings. The monoisotopic (exact) mass is 595 g/mol. The van der Waals surface area contributed by atoms with Gasteiger partial charge in [0.15, 0.2) is 6.61 Å². The van der Waals surface area contributed by atoms with Crippen molar-refractivity contribution in [2.45, 2.75) is 84.2 Å². The van der Waals surface area contributed by atoms with Gasteiger partial charge in [0.1, 0.15) is 17.4 Å². The molecule has 1 unspecified atom stereocenters. The van der Waals surface area contributed by atoms with Crippen LogP contribution < -0.4 is 5.32 Å². The molecule has 7 nitrogen and oxygen atoms in total. The van der Waals surface area contributed by atoms with Gasteiger partial charge in [-0.15, -0.1) is 0 Å². The van der Waals surface area contributed by atoms with Gasteiger partial charge in [0.05, 0.1) is 28.0 Å². The van der Waals surface area contributed by atoms with Gasteiger partial charge in [-0.25, -0.2) is 9.59 Å². The number of hydrogen-bond acceptors (Lipinski definition) is 7. The van der Waals surface area contributed by atoms with Crippen LogP contribution in [0.1, 0.15) is 83.6 Å². The Hall–Kier alpha value is -2.59. The van der Waals surface area contributed by atoms with E-state index in [1.807, 2.05) is 0 Å². The number of carbonyl (C=O) groups excluding carboxylic acids is 2. The molecule has 0 bridgehead atoms. The highest BCUT2D eigenvalue weighted by Crippen LogP contribution is 2.43. The molecule has 12 heteroatoms.